The maximum absolute atomic E-state index is 11.4. The molecular formula is C14H21NO2. The van der Waals surface area contributed by atoms with E-state index in [1.807, 2.05) is 32.0 Å². The van der Waals surface area contributed by atoms with E-state index in [1.54, 1.807) is 0 Å². The van der Waals surface area contributed by atoms with Crippen LogP contribution in [0, 0.1) is 0 Å². The lowest BCUT2D eigenvalue weighted by Crippen LogP contribution is -2.35. The Morgan fingerprint density at radius 3 is 2.71 bits per heavy atom. The van der Waals surface area contributed by atoms with E-state index in [1.165, 1.54) is 5.56 Å². The molecule has 1 N–H and O–H groups in total. The highest BCUT2D eigenvalue weighted by Crippen LogP contribution is 2.04. The van der Waals surface area contributed by atoms with E-state index in [0.29, 0.717) is 6.61 Å². The van der Waals surface area contributed by atoms with Crippen LogP contribution in [-0.2, 0) is 16.0 Å². The van der Waals surface area contributed by atoms with Gasteiger partial charge in [-0.15, -0.1) is 0 Å². The topological polar surface area (TPSA) is 38.3 Å². The summed E-state index contributed by atoms with van der Waals surface area (Å²) in [6, 6.07) is 10.5. The molecule has 17 heavy (non-hydrogen) atoms. The SMILES string of the molecule is CCOCC(=O)NC(C)CCc1ccccc1. The Balaban J connectivity index is 2.21. The summed E-state index contributed by atoms with van der Waals surface area (Å²) < 4.78 is 5.05. The molecule has 1 atom stereocenters. The van der Waals surface area contributed by atoms with Crippen LogP contribution in [0.2, 0.25) is 0 Å². The van der Waals surface area contributed by atoms with Crippen LogP contribution in [0.4, 0.5) is 0 Å². The number of amides is 1. The van der Waals surface area contributed by atoms with Crippen LogP contribution >= 0.6 is 0 Å². The van der Waals surface area contributed by atoms with Crippen molar-refractivity contribution in [3.8, 4) is 0 Å². The number of rotatable bonds is 7. The van der Waals surface area contributed by atoms with E-state index in [9.17, 15) is 4.79 Å². The number of hydrogen-bond acceptors (Lipinski definition) is 2. The molecule has 0 heterocycles. The molecule has 0 fully saturated rings. The zero-order valence-electron chi connectivity index (χ0n) is 10.6. The molecule has 1 amide bonds. The van der Waals surface area contributed by atoms with Gasteiger partial charge in [0, 0.05) is 12.6 Å². The first kappa shape index (κ1) is 13.7. The lowest BCUT2D eigenvalue weighted by atomic mass is 10.1. The quantitative estimate of drug-likeness (QED) is 0.786. The van der Waals surface area contributed by atoms with Gasteiger partial charge in [-0.2, -0.15) is 0 Å². The normalized spacial score (nSPS) is 12.1. The van der Waals surface area contributed by atoms with Gasteiger partial charge in [0.2, 0.25) is 5.91 Å². The van der Waals surface area contributed by atoms with Crippen molar-refractivity contribution in [1.29, 1.82) is 0 Å². The largest absolute Gasteiger partial charge is 0.372 e. The number of carbonyl (C=O) groups excluding carboxylic acids is 1. The summed E-state index contributed by atoms with van der Waals surface area (Å²) in [6.45, 7) is 4.64. The molecule has 1 rings (SSSR count). The van der Waals surface area contributed by atoms with Crippen LogP contribution in [0.25, 0.3) is 0 Å². The number of aryl methyl sites for hydroxylation is 1. The van der Waals surface area contributed by atoms with Gasteiger partial charge in [0.15, 0.2) is 0 Å². The van der Waals surface area contributed by atoms with Crippen LogP contribution in [0.3, 0.4) is 0 Å². The summed E-state index contributed by atoms with van der Waals surface area (Å²) in [4.78, 5) is 11.4. The van der Waals surface area contributed by atoms with Crippen molar-refractivity contribution in [1.82, 2.24) is 5.32 Å². The molecule has 0 aliphatic rings. The predicted octanol–water partition coefficient (Wildman–Crippen LogP) is 2.16. The van der Waals surface area contributed by atoms with Crippen LogP contribution in [0.5, 0.6) is 0 Å². The number of nitrogens with one attached hydrogen (secondary N) is 1. The lowest BCUT2D eigenvalue weighted by molar-refractivity contribution is -0.126. The number of hydrogen-bond donors (Lipinski definition) is 1. The van der Waals surface area contributed by atoms with Crippen LogP contribution < -0.4 is 5.32 Å². The second-order valence-electron chi connectivity index (χ2n) is 4.13. The van der Waals surface area contributed by atoms with Crippen molar-refractivity contribution in [3.63, 3.8) is 0 Å². The fourth-order valence-electron chi connectivity index (χ4n) is 1.61. The van der Waals surface area contributed by atoms with E-state index >= 15 is 0 Å². The third-order valence-corrected chi connectivity index (χ3v) is 2.55. The molecule has 1 aromatic carbocycles. The Bertz CT molecular complexity index is 324. The zero-order valence-corrected chi connectivity index (χ0v) is 10.6. The van der Waals surface area contributed by atoms with Crippen molar-refractivity contribution < 1.29 is 9.53 Å². The van der Waals surface area contributed by atoms with E-state index < -0.39 is 0 Å². The Morgan fingerprint density at radius 1 is 1.35 bits per heavy atom. The first-order valence-electron chi connectivity index (χ1n) is 6.13. The second-order valence-corrected chi connectivity index (χ2v) is 4.13. The first-order valence-corrected chi connectivity index (χ1v) is 6.13. The number of benzene rings is 1. The van der Waals surface area contributed by atoms with Gasteiger partial charge >= 0.3 is 0 Å². The zero-order chi connectivity index (χ0) is 12.5. The van der Waals surface area contributed by atoms with Gasteiger partial charge in [0.25, 0.3) is 0 Å². The molecule has 0 spiro atoms. The van der Waals surface area contributed by atoms with E-state index in [0.717, 1.165) is 12.8 Å². The van der Waals surface area contributed by atoms with Gasteiger partial charge in [-0.25, -0.2) is 0 Å². The summed E-state index contributed by atoms with van der Waals surface area (Å²) in [7, 11) is 0. The Kier molecular flexibility index (Phi) is 6.33. The molecule has 0 radical (unpaired) electrons. The van der Waals surface area contributed by atoms with Crippen molar-refractivity contribution in [2.45, 2.75) is 32.7 Å². The van der Waals surface area contributed by atoms with Gasteiger partial charge < -0.3 is 10.1 Å². The maximum atomic E-state index is 11.4. The average molecular weight is 235 g/mol. The molecular weight excluding hydrogens is 214 g/mol. The Hall–Kier alpha value is -1.35. The molecule has 0 saturated carbocycles. The molecule has 3 heteroatoms. The fourth-order valence-corrected chi connectivity index (χ4v) is 1.61. The van der Waals surface area contributed by atoms with Gasteiger partial charge in [-0.3, -0.25) is 4.79 Å². The van der Waals surface area contributed by atoms with Gasteiger partial charge in [0.1, 0.15) is 6.61 Å². The van der Waals surface area contributed by atoms with Crippen LogP contribution in [0.1, 0.15) is 25.8 Å². The monoisotopic (exact) mass is 235 g/mol. The number of ether oxygens (including phenoxy) is 1. The van der Waals surface area contributed by atoms with Gasteiger partial charge in [-0.1, -0.05) is 30.3 Å². The average Bonchev–Trinajstić information content (AvgIpc) is 2.35. The van der Waals surface area contributed by atoms with Crippen molar-refractivity contribution in [2.24, 2.45) is 0 Å². The summed E-state index contributed by atoms with van der Waals surface area (Å²) in [5.74, 6) is -0.0348. The van der Waals surface area contributed by atoms with Crippen molar-refractivity contribution >= 4 is 5.91 Å². The highest BCUT2D eigenvalue weighted by Gasteiger charge is 2.06. The Labute approximate surface area is 103 Å². The second kappa shape index (κ2) is 7.85. The summed E-state index contributed by atoms with van der Waals surface area (Å²) >= 11 is 0. The Morgan fingerprint density at radius 2 is 2.06 bits per heavy atom. The van der Waals surface area contributed by atoms with Crippen LogP contribution in [-0.4, -0.2) is 25.2 Å². The number of carbonyl (C=O) groups is 1. The molecule has 94 valence electrons. The molecule has 0 aliphatic heterocycles. The molecule has 0 aromatic heterocycles. The highest BCUT2D eigenvalue weighted by atomic mass is 16.5. The standard InChI is InChI=1S/C14H21NO2/c1-3-17-11-14(16)15-12(2)9-10-13-7-5-4-6-8-13/h4-8,12H,3,9-11H2,1-2H3,(H,15,16). The molecule has 1 unspecified atom stereocenters. The third-order valence-electron chi connectivity index (χ3n) is 2.55. The molecule has 0 bridgehead atoms. The molecule has 3 nitrogen and oxygen atoms in total. The summed E-state index contributed by atoms with van der Waals surface area (Å²) in [5, 5.41) is 2.92. The molecule has 0 aliphatic carbocycles. The molecule has 1 aromatic rings. The van der Waals surface area contributed by atoms with Crippen molar-refractivity contribution in [2.75, 3.05) is 13.2 Å². The van der Waals surface area contributed by atoms with E-state index in [4.69, 9.17) is 4.74 Å². The van der Waals surface area contributed by atoms with Gasteiger partial charge in [0.05, 0.1) is 0 Å². The highest BCUT2D eigenvalue weighted by molar-refractivity contribution is 5.77. The third kappa shape index (κ3) is 6.07. The summed E-state index contributed by atoms with van der Waals surface area (Å²) in [5.41, 5.74) is 1.30. The lowest BCUT2D eigenvalue weighted by Gasteiger charge is -2.13. The predicted molar refractivity (Wildman–Crippen MR) is 68.9 cm³/mol. The van der Waals surface area contributed by atoms with Crippen molar-refractivity contribution in [3.05, 3.63) is 35.9 Å². The molecule has 0 saturated heterocycles. The summed E-state index contributed by atoms with van der Waals surface area (Å²) in [6.07, 6.45) is 1.93. The van der Waals surface area contributed by atoms with Crippen LogP contribution in [0.15, 0.2) is 30.3 Å². The van der Waals surface area contributed by atoms with Gasteiger partial charge in [-0.05, 0) is 32.3 Å². The minimum Gasteiger partial charge on any atom is -0.372 e. The maximum Gasteiger partial charge on any atom is 0.246 e. The first-order chi connectivity index (χ1) is 8.22. The van der Waals surface area contributed by atoms with E-state index in [-0.39, 0.29) is 18.6 Å². The van der Waals surface area contributed by atoms with E-state index in [2.05, 4.69) is 17.4 Å². The minimum absolute atomic E-state index is 0.0348. The smallest absolute Gasteiger partial charge is 0.246 e. The minimum atomic E-state index is -0.0348. The fraction of sp³-hybridized carbons (Fsp3) is 0.500.